The number of amidine groups is 2. The number of amides is 1. The summed E-state index contributed by atoms with van der Waals surface area (Å²) in [7, 11) is 1.58. The molecule has 0 spiro atoms. The normalized spacial score (nSPS) is 16.4. The molecule has 0 unspecified atom stereocenters. The highest BCUT2D eigenvalue weighted by molar-refractivity contribution is 8.27. The lowest BCUT2D eigenvalue weighted by Crippen LogP contribution is -2.35. The molecule has 2 aliphatic rings. The zero-order chi connectivity index (χ0) is 27.7. The molecule has 200 valence electrons. The zero-order valence-electron chi connectivity index (χ0n) is 20.7. The monoisotopic (exact) mass is 553 g/mol. The van der Waals surface area contributed by atoms with E-state index in [4.69, 9.17) is 14.9 Å². The molecular formula is C27H22F3N5O3S. The Morgan fingerprint density at radius 1 is 1.18 bits per heavy atom. The van der Waals surface area contributed by atoms with Crippen molar-refractivity contribution in [3.05, 3.63) is 78.0 Å². The molecule has 0 saturated carbocycles. The molecule has 1 amide bonds. The van der Waals surface area contributed by atoms with Gasteiger partial charge in [0.2, 0.25) is 10.2 Å². The lowest BCUT2D eigenvalue weighted by Gasteiger charge is -2.20. The van der Waals surface area contributed by atoms with Gasteiger partial charge in [-0.2, -0.15) is 28.3 Å². The minimum absolute atomic E-state index is 0.157. The minimum atomic E-state index is -4.70. The zero-order valence-corrected chi connectivity index (χ0v) is 21.5. The molecular weight excluding hydrogens is 531 g/mol. The third-order valence-electron chi connectivity index (χ3n) is 6.01. The second-order valence-electron chi connectivity index (χ2n) is 8.54. The summed E-state index contributed by atoms with van der Waals surface area (Å²) in [5.74, 6) is -0.0578. The molecule has 39 heavy (non-hydrogen) atoms. The van der Waals surface area contributed by atoms with E-state index in [0.717, 1.165) is 21.5 Å². The van der Waals surface area contributed by atoms with Gasteiger partial charge in [-0.05, 0) is 48.0 Å². The first-order valence-corrected chi connectivity index (χ1v) is 12.6. The molecule has 0 atom stereocenters. The van der Waals surface area contributed by atoms with E-state index in [1.165, 1.54) is 6.08 Å². The number of nitrogens with zero attached hydrogens (tertiary/aromatic N) is 4. The maximum atomic E-state index is 13.1. The van der Waals surface area contributed by atoms with Crippen LogP contribution in [-0.4, -0.2) is 51.4 Å². The highest BCUT2D eigenvalue weighted by atomic mass is 32.2. The van der Waals surface area contributed by atoms with Crippen LogP contribution in [0.1, 0.15) is 11.1 Å². The molecule has 2 aromatic carbocycles. The highest BCUT2D eigenvalue weighted by Gasteiger charge is 2.46. The number of hydrogen-bond donors (Lipinski definition) is 1. The number of methoxy groups -OCH3 is 1. The number of fused-ring (bicyclic) bond motifs is 2. The largest absolute Gasteiger partial charge is 0.493 e. The van der Waals surface area contributed by atoms with E-state index in [-0.39, 0.29) is 22.5 Å². The van der Waals surface area contributed by atoms with Crippen molar-refractivity contribution in [1.29, 1.82) is 5.41 Å². The third-order valence-corrected chi connectivity index (χ3v) is 6.97. The standard InChI is InChI=1S/C27H22F3N5O3S/c1-3-6-16-9-10-21(22(13-16)37-2)38-12-11-34-15-17(18-7-4-5-8-20(18)34)14-19-23(31)35-26(32-24(19)36)39-25(33-35)27(28,29)30/h3-5,7-10,13-15,31H,1,6,11-12H2,2H3. The number of allylic oxidation sites excluding steroid dienone is 1. The van der Waals surface area contributed by atoms with E-state index in [2.05, 4.69) is 16.7 Å². The summed E-state index contributed by atoms with van der Waals surface area (Å²) in [5, 5.41) is 11.9. The van der Waals surface area contributed by atoms with Crippen LogP contribution < -0.4 is 9.47 Å². The molecule has 0 radical (unpaired) electrons. The number of thioether (sulfide) groups is 1. The van der Waals surface area contributed by atoms with Crippen molar-refractivity contribution in [3.8, 4) is 11.5 Å². The number of hydrazone groups is 1. The van der Waals surface area contributed by atoms with E-state index < -0.39 is 23.0 Å². The van der Waals surface area contributed by atoms with E-state index in [0.29, 0.717) is 36.6 Å². The molecule has 3 aromatic rings. The number of ether oxygens (including phenoxy) is 2. The van der Waals surface area contributed by atoms with Crippen molar-refractivity contribution in [3.63, 3.8) is 0 Å². The van der Waals surface area contributed by atoms with Gasteiger partial charge in [0.05, 0.1) is 19.2 Å². The van der Waals surface area contributed by atoms with Crippen molar-refractivity contribution in [2.75, 3.05) is 13.7 Å². The number of aromatic nitrogens is 1. The number of hydrogen-bond acceptors (Lipinski definition) is 6. The maximum Gasteiger partial charge on any atom is 0.441 e. The van der Waals surface area contributed by atoms with Crippen LogP contribution in [0.25, 0.3) is 17.0 Å². The molecule has 0 fully saturated rings. The fourth-order valence-electron chi connectivity index (χ4n) is 4.22. The second-order valence-corrected chi connectivity index (χ2v) is 9.50. The van der Waals surface area contributed by atoms with Crippen LogP contribution in [0.4, 0.5) is 13.2 Å². The first kappa shape index (κ1) is 26.3. The number of rotatable bonds is 8. The molecule has 0 bridgehead atoms. The molecule has 8 nitrogen and oxygen atoms in total. The van der Waals surface area contributed by atoms with Gasteiger partial charge in [-0.1, -0.05) is 30.3 Å². The first-order valence-electron chi connectivity index (χ1n) is 11.8. The lowest BCUT2D eigenvalue weighted by atomic mass is 10.1. The minimum Gasteiger partial charge on any atom is -0.493 e. The average Bonchev–Trinajstić information content (AvgIpc) is 3.49. The van der Waals surface area contributed by atoms with Gasteiger partial charge in [-0.25, -0.2) is 0 Å². The Labute approximate surface area is 225 Å². The number of carbonyl (C=O) groups excluding carboxylic acids is 1. The fourth-order valence-corrected chi connectivity index (χ4v) is 4.97. The summed E-state index contributed by atoms with van der Waals surface area (Å²) in [6, 6.07) is 13.2. The van der Waals surface area contributed by atoms with Gasteiger partial charge < -0.3 is 14.0 Å². The predicted molar refractivity (Wildman–Crippen MR) is 145 cm³/mol. The van der Waals surface area contributed by atoms with Crippen LogP contribution in [0.2, 0.25) is 0 Å². The van der Waals surface area contributed by atoms with E-state index in [1.54, 1.807) is 13.3 Å². The molecule has 12 heteroatoms. The smallest absolute Gasteiger partial charge is 0.441 e. The Kier molecular flexibility index (Phi) is 7.04. The summed E-state index contributed by atoms with van der Waals surface area (Å²) in [6.45, 7) is 4.52. The van der Waals surface area contributed by atoms with E-state index >= 15 is 0 Å². The van der Waals surface area contributed by atoms with Crippen molar-refractivity contribution >= 4 is 50.7 Å². The maximum absolute atomic E-state index is 13.1. The average molecular weight is 554 g/mol. The van der Waals surface area contributed by atoms with Crippen LogP contribution in [0.3, 0.4) is 0 Å². The number of nitrogens with one attached hydrogen (secondary N) is 1. The molecule has 0 aliphatic carbocycles. The van der Waals surface area contributed by atoms with E-state index in [1.807, 2.05) is 53.1 Å². The van der Waals surface area contributed by atoms with Gasteiger partial charge in [0.1, 0.15) is 6.61 Å². The van der Waals surface area contributed by atoms with Crippen LogP contribution in [0.5, 0.6) is 11.5 Å². The lowest BCUT2D eigenvalue weighted by molar-refractivity contribution is -0.114. The summed E-state index contributed by atoms with van der Waals surface area (Å²) in [5.41, 5.74) is 2.36. The van der Waals surface area contributed by atoms with Gasteiger partial charge in [0.15, 0.2) is 17.3 Å². The molecule has 1 N–H and O–H groups in total. The Morgan fingerprint density at radius 2 is 1.97 bits per heavy atom. The number of carbonyl (C=O) groups is 1. The second kappa shape index (κ2) is 10.4. The number of benzene rings is 2. The molecule has 5 rings (SSSR count). The molecule has 3 heterocycles. The molecule has 1 aromatic heterocycles. The number of alkyl halides is 3. The fraction of sp³-hybridized carbons (Fsp3) is 0.185. The Bertz CT molecular complexity index is 1590. The van der Waals surface area contributed by atoms with Crippen LogP contribution in [0, 0.1) is 5.41 Å². The quantitative estimate of drug-likeness (QED) is 0.288. The van der Waals surface area contributed by atoms with Crippen LogP contribution >= 0.6 is 11.8 Å². The third kappa shape index (κ3) is 5.19. The SMILES string of the molecule is C=CCc1ccc(OCCn2cc(C=C3C(=N)N4N=C(C(F)(F)F)SC4=NC3=O)c3ccccc32)c(OC)c1. The van der Waals surface area contributed by atoms with Crippen LogP contribution in [0.15, 0.2) is 77.0 Å². The van der Waals surface area contributed by atoms with Crippen molar-refractivity contribution in [1.82, 2.24) is 9.58 Å². The van der Waals surface area contributed by atoms with Gasteiger partial charge >= 0.3 is 6.18 Å². The Morgan fingerprint density at radius 3 is 2.72 bits per heavy atom. The summed E-state index contributed by atoms with van der Waals surface area (Å²) >= 11 is 0.218. The van der Waals surface area contributed by atoms with Gasteiger partial charge in [-0.15, -0.1) is 6.58 Å². The highest BCUT2D eigenvalue weighted by Crippen LogP contribution is 2.36. The number of halogens is 3. The Balaban J connectivity index is 1.39. The van der Waals surface area contributed by atoms with Crippen LogP contribution in [-0.2, 0) is 17.8 Å². The van der Waals surface area contributed by atoms with Crippen molar-refractivity contribution in [2.45, 2.75) is 19.1 Å². The predicted octanol–water partition coefficient (Wildman–Crippen LogP) is 5.64. The Hall–Kier alpha value is -4.32. The number of aliphatic imine (C=N–C) groups is 1. The summed E-state index contributed by atoms with van der Waals surface area (Å²) < 4.78 is 52.7. The molecule has 2 aliphatic heterocycles. The van der Waals surface area contributed by atoms with Crippen molar-refractivity contribution in [2.24, 2.45) is 10.1 Å². The summed E-state index contributed by atoms with van der Waals surface area (Å²) in [4.78, 5) is 16.4. The van der Waals surface area contributed by atoms with Gasteiger partial charge in [-0.3, -0.25) is 10.2 Å². The number of para-hydroxylation sites is 1. The van der Waals surface area contributed by atoms with E-state index in [9.17, 15) is 18.0 Å². The first-order chi connectivity index (χ1) is 18.7. The molecule has 0 saturated heterocycles. The topological polar surface area (TPSA) is 92.3 Å². The summed E-state index contributed by atoms with van der Waals surface area (Å²) in [6.07, 6.45) is 1.07. The van der Waals surface area contributed by atoms with Gasteiger partial charge in [0, 0.05) is 22.7 Å². The van der Waals surface area contributed by atoms with Crippen molar-refractivity contribution < 1.29 is 27.4 Å². The van der Waals surface area contributed by atoms with Gasteiger partial charge in [0.25, 0.3) is 5.91 Å².